The molecular weight excluding hydrogens is 231 g/mol. The van der Waals surface area contributed by atoms with E-state index < -0.39 is 12.7 Å². The molecule has 0 aromatic heterocycles. The van der Waals surface area contributed by atoms with Crippen LogP contribution in [0.15, 0.2) is 24.3 Å². The van der Waals surface area contributed by atoms with Crippen LogP contribution < -0.4 is 4.90 Å². The zero-order chi connectivity index (χ0) is 13.1. The summed E-state index contributed by atoms with van der Waals surface area (Å²) in [4.78, 5) is 1.28. The first-order chi connectivity index (χ1) is 7.83. The molecule has 0 saturated carbocycles. The van der Waals surface area contributed by atoms with Gasteiger partial charge in [-0.2, -0.15) is 13.2 Å². The molecule has 0 bridgehead atoms. The van der Waals surface area contributed by atoms with Gasteiger partial charge in [0, 0.05) is 11.7 Å². The molecule has 0 aliphatic heterocycles. The molecule has 0 fully saturated rings. The smallest absolute Gasteiger partial charge is 0.392 e. The van der Waals surface area contributed by atoms with Gasteiger partial charge in [0.2, 0.25) is 0 Å². The van der Waals surface area contributed by atoms with Crippen molar-refractivity contribution in [2.24, 2.45) is 0 Å². The summed E-state index contributed by atoms with van der Waals surface area (Å²) in [6.45, 7) is 2.35. The number of aliphatic hydroxyl groups is 1. The Morgan fingerprint density at radius 2 is 1.71 bits per heavy atom. The van der Waals surface area contributed by atoms with Gasteiger partial charge in [0.25, 0.3) is 0 Å². The average Bonchev–Trinajstić information content (AvgIpc) is 2.25. The SMILES string of the molecule is CC(C)N(CC(F)(F)F)c1ccc(CO)cc1. The van der Waals surface area contributed by atoms with Crippen molar-refractivity contribution in [3.63, 3.8) is 0 Å². The molecule has 0 heterocycles. The van der Waals surface area contributed by atoms with Gasteiger partial charge in [-0.1, -0.05) is 12.1 Å². The average molecular weight is 247 g/mol. The van der Waals surface area contributed by atoms with Gasteiger partial charge < -0.3 is 10.0 Å². The summed E-state index contributed by atoms with van der Waals surface area (Å²) >= 11 is 0. The number of anilines is 1. The highest BCUT2D eigenvalue weighted by Gasteiger charge is 2.31. The fourth-order valence-corrected chi connectivity index (χ4v) is 1.56. The minimum Gasteiger partial charge on any atom is -0.392 e. The lowest BCUT2D eigenvalue weighted by molar-refractivity contribution is -0.120. The molecule has 1 N–H and O–H groups in total. The molecule has 0 atom stereocenters. The molecule has 2 nitrogen and oxygen atoms in total. The van der Waals surface area contributed by atoms with E-state index in [-0.39, 0.29) is 12.6 Å². The van der Waals surface area contributed by atoms with Crippen LogP contribution in [0.2, 0.25) is 0 Å². The maximum absolute atomic E-state index is 12.4. The van der Waals surface area contributed by atoms with Crippen molar-refractivity contribution in [2.75, 3.05) is 11.4 Å². The van der Waals surface area contributed by atoms with E-state index in [0.29, 0.717) is 11.3 Å². The third-order valence-electron chi connectivity index (χ3n) is 2.42. The van der Waals surface area contributed by atoms with Crippen LogP contribution >= 0.6 is 0 Å². The number of halogens is 3. The molecule has 0 unspecified atom stereocenters. The van der Waals surface area contributed by atoms with Gasteiger partial charge in [-0.3, -0.25) is 0 Å². The second kappa shape index (κ2) is 5.40. The number of rotatable bonds is 4. The second-order valence-corrected chi connectivity index (χ2v) is 4.16. The monoisotopic (exact) mass is 247 g/mol. The van der Waals surface area contributed by atoms with Crippen molar-refractivity contribution < 1.29 is 18.3 Å². The summed E-state index contributed by atoms with van der Waals surface area (Å²) in [6.07, 6.45) is -4.22. The summed E-state index contributed by atoms with van der Waals surface area (Å²) in [5.41, 5.74) is 1.19. The molecule has 96 valence electrons. The molecule has 0 spiro atoms. The quantitative estimate of drug-likeness (QED) is 0.884. The lowest BCUT2D eigenvalue weighted by atomic mass is 10.2. The number of benzene rings is 1. The van der Waals surface area contributed by atoms with Crippen molar-refractivity contribution in [3.8, 4) is 0 Å². The summed E-state index contributed by atoms with van der Waals surface area (Å²) < 4.78 is 37.2. The van der Waals surface area contributed by atoms with Crippen LogP contribution in [0.1, 0.15) is 19.4 Å². The van der Waals surface area contributed by atoms with Gasteiger partial charge in [0.15, 0.2) is 0 Å². The van der Waals surface area contributed by atoms with E-state index in [1.54, 1.807) is 38.1 Å². The fourth-order valence-electron chi connectivity index (χ4n) is 1.56. The molecule has 17 heavy (non-hydrogen) atoms. The molecule has 1 aromatic carbocycles. The van der Waals surface area contributed by atoms with E-state index >= 15 is 0 Å². The van der Waals surface area contributed by atoms with Crippen LogP contribution in [-0.4, -0.2) is 23.9 Å². The van der Waals surface area contributed by atoms with Gasteiger partial charge >= 0.3 is 6.18 Å². The van der Waals surface area contributed by atoms with Crippen LogP contribution in [0.4, 0.5) is 18.9 Å². The second-order valence-electron chi connectivity index (χ2n) is 4.16. The summed E-state index contributed by atoms with van der Waals surface area (Å²) in [6, 6.07) is 6.20. The Kier molecular flexibility index (Phi) is 4.40. The first-order valence-electron chi connectivity index (χ1n) is 5.36. The first-order valence-corrected chi connectivity index (χ1v) is 5.36. The Bertz CT molecular complexity index is 346. The molecule has 0 radical (unpaired) electrons. The van der Waals surface area contributed by atoms with E-state index in [1.165, 1.54) is 4.90 Å². The normalized spacial score (nSPS) is 11.9. The van der Waals surface area contributed by atoms with E-state index in [9.17, 15) is 13.2 Å². The highest BCUT2D eigenvalue weighted by molar-refractivity contribution is 5.48. The van der Waals surface area contributed by atoms with Crippen molar-refractivity contribution in [3.05, 3.63) is 29.8 Å². The predicted octanol–water partition coefficient (Wildman–Crippen LogP) is 2.96. The zero-order valence-electron chi connectivity index (χ0n) is 9.83. The lowest BCUT2D eigenvalue weighted by Gasteiger charge is -2.30. The molecular formula is C12H16F3NO. The van der Waals surface area contributed by atoms with Crippen LogP contribution in [0.25, 0.3) is 0 Å². The standard InChI is InChI=1S/C12H16F3NO/c1-9(2)16(8-12(13,14)15)11-5-3-10(7-17)4-6-11/h3-6,9,17H,7-8H2,1-2H3. The molecule has 5 heteroatoms. The van der Waals surface area contributed by atoms with Crippen molar-refractivity contribution in [1.82, 2.24) is 0 Å². The Labute approximate surface area is 98.7 Å². The van der Waals surface area contributed by atoms with Crippen LogP contribution in [-0.2, 0) is 6.61 Å². The van der Waals surface area contributed by atoms with Gasteiger partial charge in [-0.05, 0) is 31.5 Å². The van der Waals surface area contributed by atoms with Gasteiger partial charge in [-0.25, -0.2) is 0 Å². The topological polar surface area (TPSA) is 23.5 Å². The summed E-state index contributed by atoms with van der Waals surface area (Å²) in [5.74, 6) is 0. The van der Waals surface area contributed by atoms with Crippen molar-refractivity contribution in [2.45, 2.75) is 32.7 Å². The number of nitrogens with zero attached hydrogens (tertiary/aromatic N) is 1. The minimum atomic E-state index is -4.22. The zero-order valence-corrected chi connectivity index (χ0v) is 9.83. The number of hydrogen-bond donors (Lipinski definition) is 1. The van der Waals surface area contributed by atoms with E-state index in [0.717, 1.165) is 0 Å². The predicted molar refractivity (Wildman–Crippen MR) is 60.9 cm³/mol. The highest BCUT2D eigenvalue weighted by Crippen LogP contribution is 2.24. The highest BCUT2D eigenvalue weighted by atomic mass is 19.4. The molecule has 0 saturated heterocycles. The minimum absolute atomic E-state index is 0.110. The Balaban J connectivity index is 2.89. The molecule has 0 aliphatic rings. The number of aliphatic hydroxyl groups excluding tert-OH is 1. The number of alkyl halides is 3. The van der Waals surface area contributed by atoms with Gasteiger partial charge in [0.05, 0.1) is 6.61 Å². The van der Waals surface area contributed by atoms with E-state index in [1.807, 2.05) is 0 Å². The fraction of sp³-hybridized carbons (Fsp3) is 0.500. The maximum Gasteiger partial charge on any atom is 0.405 e. The molecule has 1 aromatic rings. The number of hydrogen-bond acceptors (Lipinski definition) is 2. The van der Waals surface area contributed by atoms with E-state index in [2.05, 4.69) is 0 Å². The van der Waals surface area contributed by atoms with Crippen LogP contribution in [0.3, 0.4) is 0 Å². The van der Waals surface area contributed by atoms with Crippen LogP contribution in [0, 0.1) is 0 Å². The largest absolute Gasteiger partial charge is 0.405 e. The van der Waals surface area contributed by atoms with Gasteiger partial charge in [-0.15, -0.1) is 0 Å². The first kappa shape index (κ1) is 13.8. The van der Waals surface area contributed by atoms with Crippen molar-refractivity contribution >= 4 is 5.69 Å². The maximum atomic E-state index is 12.4. The molecule has 1 rings (SSSR count). The third kappa shape index (κ3) is 4.26. The molecule has 0 amide bonds. The lowest BCUT2D eigenvalue weighted by Crippen LogP contribution is -2.39. The van der Waals surface area contributed by atoms with Crippen LogP contribution in [0.5, 0.6) is 0 Å². The molecule has 0 aliphatic carbocycles. The van der Waals surface area contributed by atoms with E-state index in [4.69, 9.17) is 5.11 Å². The van der Waals surface area contributed by atoms with Crippen molar-refractivity contribution in [1.29, 1.82) is 0 Å². The Morgan fingerprint density at radius 1 is 1.18 bits per heavy atom. The third-order valence-corrected chi connectivity index (χ3v) is 2.42. The Hall–Kier alpha value is -1.23. The summed E-state index contributed by atoms with van der Waals surface area (Å²) in [5, 5.41) is 8.87. The Morgan fingerprint density at radius 3 is 2.06 bits per heavy atom. The van der Waals surface area contributed by atoms with Gasteiger partial charge in [0.1, 0.15) is 6.54 Å². The summed E-state index contributed by atoms with van der Waals surface area (Å²) in [7, 11) is 0.